The van der Waals surface area contributed by atoms with Crippen molar-refractivity contribution in [3.8, 4) is 0 Å². The molecule has 0 amide bonds. The number of nitrogens with one attached hydrogen (secondary N) is 1. The quantitative estimate of drug-likeness (QED) is 0.802. The molecule has 0 aliphatic heterocycles. The second kappa shape index (κ2) is 5.50. The van der Waals surface area contributed by atoms with Crippen molar-refractivity contribution < 1.29 is 0 Å². The average molecular weight is 376 g/mol. The van der Waals surface area contributed by atoms with Crippen LogP contribution < -0.4 is 5.32 Å². The van der Waals surface area contributed by atoms with Crippen molar-refractivity contribution in [1.29, 1.82) is 0 Å². The highest BCUT2D eigenvalue weighted by Gasteiger charge is 2.12. The number of hydrogen-bond donors (Lipinski definition) is 1. The molecule has 0 spiro atoms. The summed E-state index contributed by atoms with van der Waals surface area (Å²) in [6.07, 6.45) is 0. The van der Waals surface area contributed by atoms with E-state index in [1.807, 2.05) is 24.6 Å². The second-order valence-corrected chi connectivity index (χ2v) is 6.45. The van der Waals surface area contributed by atoms with Crippen LogP contribution in [0.25, 0.3) is 0 Å². The van der Waals surface area contributed by atoms with E-state index in [-0.39, 0.29) is 6.04 Å². The molecule has 0 bridgehead atoms. The Morgan fingerprint density at radius 1 is 1.35 bits per heavy atom. The zero-order chi connectivity index (χ0) is 12.4. The molecule has 1 aromatic carbocycles. The first-order chi connectivity index (χ1) is 8.08. The van der Waals surface area contributed by atoms with Gasteiger partial charge in [-0.3, -0.25) is 0 Å². The van der Waals surface area contributed by atoms with E-state index >= 15 is 0 Å². The summed E-state index contributed by atoms with van der Waals surface area (Å²) < 4.78 is 2.13. The number of halogens is 2. The molecule has 1 aromatic heterocycles. The fourth-order valence-electron chi connectivity index (χ4n) is 1.63. The van der Waals surface area contributed by atoms with Gasteiger partial charge in [-0.05, 0) is 48.0 Å². The monoisotopic (exact) mass is 374 g/mol. The minimum atomic E-state index is 0.257. The summed E-state index contributed by atoms with van der Waals surface area (Å²) in [5.74, 6) is 0. The molecule has 2 aromatic rings. The Morgan fingerprint density at radius 3 is 2.76 bits per heavy atom. The van der Waals surface area contributed by atoms with Gasteiger partial charge in [-0.1, -0.05) is 15.9 Å². The number of anilines is 1. The van der Waals surface area contributed by atoms with Gasteiger partial charge in [0.1, 0.15) is 0 Å². The van der Waals surface area contributed by atoms with Crippen molar-refractivity contribution in [3.63, 3.8) is 0 Å². The first kappa shape index (κ1) is 13.1. The zero-order valence-corrected chi connectivity index (χ0v) is 13.5. The van der Waals surface area contributed by atoms with Gasteiger partial charge in [0.25, 0.3) is 0 Å². The molecule has 2 rings (SSSR count). The van der Waals surface area contributed by atoms with Crippen LogP contribution in [0.4, 0.5) is 5.69 Å². The van der Waals surface area contributed by atoms with Gasteiger partial charge in [-0.2, -0.15) is 0 Å². The van der Waals surface area contributed by atoms with E-state index in [1.54, 1.807) is 11.3 Å². The summed E-state index contributed by atoms with van der Waals surface area (Å²) in [5.41, 5.74) is 4.07. The molecule has 2 nitrogen and oxygen atoms in total. The van der Waals surface area contributed by atoms with Gasteiger partial charge in [0.2, 0.25) is 0 Å². The van der Waals surface area contributed by atoms with E-state index in [1.165, 1.54) is 4.88 Å². The molecule has 1 heterocycles. The van der Waals surface area contributed by atoms with E-state index in [2.05, 4.69) is 55.2 Å². The van der Waals surface area contributed by atoms with E-state index in [4.69, 9.17) is 0 Å². The number of benzene rings is 1. The molecule has 17 heavy (non-hydrogen) atoms. The minimum absolute atomic E-state index is 0.257. The number of hydrogen-bond acceptors (Lipinski definition) is 3. The predicted molar refractivity (Wildman–Crippen MR) is 80.7 cm³/mol. The third kappa shape index (κ3) is 3.09. The molecule has 5 heteroatoms. The van der Waals surface area contributed by atoms with Crippen molar-refractivity contribution in [2.24, 2.45) is 0 Å². The van der Waals surface area contributed by atoms with E-state index in [0.29, 0.717) is 0 Å². The summed E-state index contributed by atoms with van der Waals surface area (Å²) in [6.45, 7) is 4.19. The Labute approximate surface area is 122 Å². The van der Waals surface area contributed by atoms with Crippen molar-refractivity contribution >= 4 is 48.9 Å². The van der Waals surface area contributed by atoms with Crippen LogP contribution in [0.15, 0.2) is 32.7 Å². The Morgan fingerprint density at radius 2 is 2.12 bits per heavy atom. The lowest BCUT2D eigenvalue weighted by molar-refractivity contribution is 0.889. The first-order valence-electron chi connectivity index (χ1n) is 5.19. The predicted octanol–water partition coefficient (Wildman–Crippen LogP) is 5.15. The van der Waals surface area contributed by atoms with Crippen LogP contribution in [0.2, 0.25) is 0 Å². The van der Waals surface area contributed by atoms with Gasteiger partial charge in [-0.15, -0.1) is 11.3 Å². The van der Waals surface area contributed by atoms with Crippen molar-refractivity contribution in [2.75, 3.05) is 5.32 Å². The lowest BCUT2D eigenvalue weighted by atomic mass is 10.2. The van der Waals surface area contributed by atoms with Crippen molar-refractivity contribution in [2.45, 2.75) is 19.9 Å². The maximum absolute atomic E-state index is 4.28. The smallest absolute Gasteiger partial charge is 0.0798 e. The molecular weight excluding hydrogens is 364 g/mol. The van der Waals surface area contributed by atoms with Crippen molar-refractivity contribution in [3.05, 3.63) is 43.2 Å². The highest BCUT2D eigenvalue weighted by molar-refractivity contribution is 9.11. The number of thiazole rings is 1. The summed E-state index contributed by atoms with van der Waals surface area (Å²) in [4.78, 5) is 5.55. The molecule has 0 fully saturated rings. The summed E-state index contributed by atoms with van der Waals surface area (Å²) in [6, 6.07) is 6.36. The largest absolute Gasteiger partial charge is 0.377 e. The van der Waals surface area contributed by atoms with Gasteiger partial charge in [0.05, 0.1) is 22.9 Å². The maximum Gasteiger partial charge on any atom is 0.0798 e. The molecule has 0 radical (unpaired) electrons. The SMILES string of the molecule is Cc1ncsc1C(C)Nc1cc(Br)ccc1Br. The molecular formula is C12H12Br2N2S. The fourth-order valence-corrected chi connectivity index (χ4v) is 3.17. The van der Waals surface area contributed by atoms with Crippen LogP contribution in [0.1, 0.15) is 23.5 Å². The second-order valence-electron chi connectivity index (χ2n) is 3.79. The average Bonchev–Trinajstić information content (AvgIpc) is 2.70. The third-order valence-corrected chi connectivity index (χ3v) is 4.77. The van der Waals surface area contributed by atoms with Crippen molar-refractivity contribution in [1.82, 2.24) is 4.98 Å². The Balaban J connectivity index is 2.21. The summed E-state index contributed by atoms with van der Waals surface area (Å²) in [5, 5.41) is 3.49. The molecule has 1 atom stereocenters. The molecule has 0 aliphatic carbocycles. The normalized spacial score (nSPS) is 12.5. The molecule has 1 N–H and O–H groups in total. The highest BCUT2D eigenvalue weighted by Crippen LogP contribution is 2.31. The highest BCUT2D eigenvalue weighted by atomic mass is 79.9. The van der Waals surface area contributed by atoms with Crippen LogP contribution in [0.5, 0.6) is 0 Å². The fraction of sp³-hybridized carbons (Fsp3) is 0.250. The van der Waals surface area contributed by atoms with E-state index < -0.39 is 0 Å². The molecule has 0 saturated carbocycles. The number of aromatic nitrogens is 1. The first-order valence-corrected chi connectivity index (χ1v) is 7.66. The third-order valence-electron chi connectivity index (χ3n) is 2.48. The lowest BCUT2D eigenvalue weighted by Crippen LogP contribution is -2.06. The summed E-state index contributed by atoms with van der Waals surface area (Å²) >= 11 is 8.71. The minimum Gasteiger partial charge on any atom is -0.377 e. The number of nitrogens with zero attached hydrogens (tertiary/aromatic N) is 1. The van der Waals surface area contributed by atoms with Crippen LogP contribution in [0, 0.1) is 6.92 Å². The zero-order valence-electron chi connectivity index (χ0n) is 9.50. The van der Waals surface area contributed by atoms with Crippen LogP contribution in [0.3, 0.4) is 0 Å². The van der Waals surface area contributed by atoms with Gasteiger partial charge >= 0.3 is 0 Å². The van der Waals surface area contributed by atoms with E-state index in [0.717, 1.165) is 20.3 Å². The van der Waals surface area contributed by atoms with Crippen LogP contribution in [-0.4, -0.2) is 4.98 Å². The Kier molecular flexibility index (Phi) is 4.22. The van der Waals surface area contributed by atoms with Crippen LogP contribution in [-0.2, 0) is 0 Å². The molecule has 0 saturated heterocycles. The van der Waals surface area contributed by atoms with Gasteiger partial charge < -0.3 is 5.32 Å². The number of rotatable bonds is 3. The van der Waals surface area contributed by atoms with Gasteiger partial charge in [0.15, 0.2) is 0 Å². The lowest BCUT2D eigenvalue weighted by Gasteiger charge is -2.16. The van der Waals surface area contributed by atoms with Gasteiger partial charge in [0, 0.05) is 13.8 Å². The Hall–Kier alpha value is -0.390. The topological polar surface area (TPSA) is 24.9 Å². The molecule has 0 aliphatic rings. The Bertz CT molecular complexity index is 525. The molecule has 90 valence electrons. The number of aryl methyl sites for hydroxylation is 1. The molecule has 1 unspecified atom stereocenters. The standard InChI is InChI=1S/C12H12Br2N2S/c1-7-12(17-6-15-7)8(2)16-11-5-9(13)3-4-10(11)14/h3-6,8,16H,1-2H3. The van der Waals surface area contributed by atoms with Gasteiger partial charge in [-0.25, -0.2) is 4.98 Å². The summed E-state index contributed by atoms with van der Waals surface area (Å²) in [7, 11) is 0. The maximum atomic E-state index is 4.28. The van der Waals surface area contributed by atoms with E-state index in [9.17, 15) is 0 Å². The van der Waals surface area contributed by atoms with Crippen LogP contribution >= 0.6 is 43.2 Å².